The number of rotatable bonds is 8. The molecule has 0 aromatic heterocycles. The van der Waals surface area contributed by atoms with Crippen LogP contribution in [0, 0.1) is 0 Å². The number of carbonyl (C=O) groups is 2. The van der Waals surface area contributed by atoms with E-state index in [4.69, 9.17) is 25.8 Å². The minimum Gasteiger partial charge on any atom is -0.495 e. The summed E-state index contributed by atoms with van der Waals surface area (Å²) < 4.78 is 15.5. The smallest absolute Gasteiger partial charge is 0.344 e. The molecule has 0 saturated carbocycles. The first-order valence-electron chi connectivity index (χ1n) is 8.03. The molecule has 1 amide bonds. The van der Waals surface area contributed by atoms with Crippen LogP contribution < -0.4 is 14.8 Å². The zero-order chi connectivity index (χ0) is 18.9. The first-order chi connectivity index (χ1) is 12.5. The van der Waals surface area contributed by atoms with Crippen molar-refractivity contribution in [1.29, 1.82) is 0 Å². The van der Waals surface area contributed by atoms with Crippen LogP contribution in [0.1, 0.15) is 12.5 Å². The van der Waals surface area contributed by atoms with Crippen LogP contribution in [0.15, 0.2) is 42.5 Å². The van der Waals surface area contributed by atoms with E-state index in [-0.39, 0.29) is 6.61 Å². The maximum atomic E-state index is 11.9. The highest BCUT2D eigenvalue weighted by Crippen LogP contribution is 2.27. The van der Waals surface area contributed by atoms with Crippen molar-refractivity contribution in [2.45, 2.75) is 13.3 Å². The Morgan fingerprint density at radius 2 is 1.85 bits per heavy atom. The van der Waals surface area contributed by atoms with Crippen molar-refractivity contribution < 1.29 is 23.8 Å². The lowest BCUT2D eigenvalue weighted by Crippen LogP contribution is -2.24. The quantitative estimate of drug-likeness (QED) is 0.713. The molecule has 0 radical (unpaired) electrons. The van der Waals surface area contributed by atoms with E-state index in [0.717, 1.165) is 12.0 Å². The second kappa shape index (κ2) is 9.68. The molecule has 0 heterocycles. The molecule has 0 bridgehead atoms. The van der Waals surface area contributed by atoms with Gasteiger partial charge in [0.2, 0.25) is 0 Å². The Labute approximate surface area is 157 Å². The Hall–Kier alpha value is -2.73. The van der Waals surface area contributed by atoms with Gasteiger partial charge in [-0.05, 0) is 36.2 Å². The number of anilines is 1. The molecule has 6 nitrogen and oxygen atoms in total. The first kappa shape index (κ1) is 19.6. The predicted molar refractivity (Wildman–Crippen MR) is 98.9 cm³/mol. The van der Waals surface area contributed by atoms with Gasteiger partial charge in [-0.3, -0.25) is 4.79 Å². The summed E-state index contributed by atoms with van der Waals surface area (Å²) in [6.07, 6.45) is 0.787. The average Bonchev–Trinajstić information content (AvgIpc) is 2.65. The summed E-state index contributed by atoms with van der Waals surface area (Å²) in [6.45, 7) is 1.28. The van der Waals surface area contributed by atoms with E-state index in [0.29, 0.717) is 22.2 Å². The van der Waals surface area contributed by atoms with E-state index in [2.05, 4.69) is 5.32 Å². The van der Waals surface area contributed by atoms with E-state index in [1.807, 2.05) is 25.1 Å². The Kier molecular flexibility index (Phi) is 7.29. The number of halogens is 1. The van der Waals surface area contributed by atoms with E-state index in [1.54, 1.807) is 24.3 Å². The van der Waals surface area contributed by atoms with E-state index < -0.39 is 18.5 Å². The minimum absolute atomic E-state index is 0.273. The van der Waals surface area contributed by atoms with Gasteiger partial charge in [0.25, 0.3) is 5.91 Å². The van der Waals surface area contributed by atoms with Crippen molar-refractivity contribution >= 4 is 29.2 Å². The lowest BCUT2D eigenvalue weighted by atomic mass is 10.1. The number of amides is 1. The number of carbonyl (C=O) groups excluding carboxylic acids is 2. The van der Waals surface area contributed by atoms with E-state index in [9.17, 15) is 9.59 Å². The van der Waals surface area contributed by atoms with Crippen LogP contribution in [-0.2, 0) is 20.7 Å². The van der Waals surface area contributed by atoms with Crippen LogP contribution >= 0.6 is 11.6 Å². The number of esters is 1. The number of hydrogen-bond acceptors (Lipinski definition) is 5. The van der Waals surface area contributed by atoms with Crippen LogP contribution in [0.5, 0.6) is 11.5 Å². The third-order valence-electron chi connectivity index (χ3n) is 3.50. The molecule has 138 valence electrons. The highest BCUT2D eigenvalue weighted by molar-refractivity contribution is 6.31. The number of benzene rings is 2. The normalized spacial score (nSPS) is 10.1. The molecule has 26 heavy (non-hydrogen) atoms. The third kappa shape index (κ3) is 5.67. The summed E-state index contributed by atoms with van der Waals surface area (Å²) in [5.74, 6) is -0.0642. The van der Waals surface area contributed by atoms with Gasteiger partial charge in [-0.1, -0.05) is 36.7 Å². The van der Waals surface area contributed by atoms with Crippen molar-refractivity contribution in [2.75, 3.05) is 25.6 Å². The number of ether oxygens (including phenoxy) is 3. The summed E-state index contributed by atoms with van der Waals surface area (Å²) in [4.78, 5) is 23.7. The number of para-hydroxylation sites is 1. The molecular weight excluding hydrogens is 358 g/mol. The fourth-order valence-electron chi connectivity index (χ4n) is 2.23. The highest BCUT2D eigenvalue weighted by atomic mass is 35.5. The Morgan fingerprint density at radius 3 is 2.58 bits per heavy atom. The van der Waals surface area contributed by atoms with Crippen molar-refractivity contribution in [1.82, 2.24) is 0 Å². The molecule has 0 atom stereocenters. The van der Waals surface area contributed by atoms with Gasteiger partial charge in [-0.2, -0.15) is 0 Å². The van der Waals surface area contributed by atoms with E-state index in [1.165, 1.54) is 7.11 Å². The SMILES string of the molecule is CCc1ccccc1OCC(=O)OCC(=O)Nc1cc(Cl)ccc1OC. The summed E-state index contributed by atoms with van der Waals surface area (Å²) in [7, 11) is 1.48. The van der Waals surface area contributed by atoms with Gasteiger partial charge in [-0.25, -0.2) is 4.79 Å². The fraction of sp³-hybridized carbons (Fsp3) is 0.263. The average molecular weight is 378 g/mol. The second-order valence-electron chi connectivity index (χ2n) is 5.30. The van der Waals surface area contributed by atoms with Crippen LogP contribution in [0.25, 0.3) is 0 Å². The summed E-state index contributed by atoms with van der Waals surface area (Å²) >= 11 is 5.90. The largest absolute Gasteiger partial charge is 0.495 e. The molecule has 0 saturated heterocycles. The van der Waals surface area contributed by atoms with Crippen LogP contribution in [0.3, 0.4) is 0 Å². The van der Waals surface area contributed by atoms with Gasteiger partial charge in [0, 0.05) is 5.02 Å². The van der Waals surface area contributed by atoms with Crippen molar-refractivity contribution in [3.8, 4) is 11.5 Å². The minimum atomic E-state index is -0.635. The molecule has 0 spiro atoms. The Balaban J connectivity index is 1.82. The molecule has 0 fully saturated rings. The van der Waals surface area contributed by atoms with Crippen molar-refractivity contribution in [2.24, 2.45) is 0 Å². The first-order valence-corrected chi connectivity index (χ1v) is 8.41. The van der Waals surface area contributed by atoms with Gasteiger partial charge >= 0.3 is 5.97 Å². The predicted octanol–water partition coefficient (Wildman–Crippen LogP) is 3.47. The topological polar surface area (TPSA) is 73.9 Å². The van der Waals surface area contributed by atoms with Gasteiger partial charge in [0.15, 0.2) is 13.2 Å². The second-order valence-corrected chi connectivity index (χ2v) is 5.74. The maximum absolute atomic E-state index is 11.9. The molecule has 2 aromatic carbocycles. The molecule has 1 N–H and O–H groups in total. The zero-order valence-corrected chi connectivity index (χ0v) is 15.3. The third-order valence-corrected chi connectivity index (χ3v) is 3.73. The highest BCUT2D eigenvalue weighted by Gasteiger charge is 2.12. The molecule has 0 unspecified atom stereocenters. The molecule has 0 aliphatic heterocycles. The van der Waals surface area contributed by atoms with Crippen molar-refractivity contribution in [3.05, 3.63) is 53.1 Å². The van der Waals surface area contributed by atoms with Gasteiger partial charge in [0.05, 0.1) is 12.8 Å². The molecule has 2 rings (SSSR count). The monoisotopic (exact) mass is 377 g/mol. The number of nitrogens with one attached hydrogen (secondary N) is 1. The molecule has 0 aliphatic rings. The lowest BCUT2D eigenvalue weighted by molar-refractivity contribution is -0.149. The van der Waals surface area contributed by atoms with Gasteiger partial charge < -0.3 is 19.5 Å². The number of methoxy groups -OCH3 is 1. The molecule has 2 aromatic rings. The molecular formula is C19H20ClNO5. The van der Waals surface area contributed by atoms with Gasteiger partial charge in [-0.15, -0.1) is 0 Å². The van der Waals surface area contributed by atoms with Gasteiger partial charge in [0.1, 0.15) is 11.5 Å². The van der Waals surface area contributed by atoms with E-state index >= 15 is 0 Å². The van der Waals surface area contributed by atoms with Crippen molar-refractivity contribution in [3.63, 3.8) is 0 Å². The lowest BCUT2D eigenvalue weighted by Gasteiger charge is -2.12. The Bertz CT molecular complexity index is 778. The summed E-state index contributed by atoms with van der Waals surface area (Å²) in [5.41, 5.74) is 1.39. The summed E-state index contributed by atoms with van der Waals surface area (Å²) in [6, 6.07) is 12.2. The fourth-order valence-corrected chi connectivity index (χ4v) is 2.40. The zero-order valence-electron chi connectivity index (χ0n) is 14.6. The van der Waals surface area contributed by atoms with Crippen LogP contribution in [0.4, 0.5) is 5.69 Å². The maximum Gasteiger partial charge on any atom is 0.344 e. The molecule has 7 heteroatoms. The number of aryl methyl sites for hydroxylation is 1. The Morgan fingerprint density at radius 1 is 1.08 bits per heavy atom. The van der Waals surface area contributed by atoms with Crippen LogP contribution in [-0.4, -0.2) is 32.2 Å². The van der Waals surface area contributed by atoms with Crippen LogP contribution in [0.2, 0.25) is 5.02 Å². The standard InChI is InChI=1S/C19H20ClNO5/c1-3-13-6-4-5-7-16(13)25-12-19(23)26-11-18(22)21-15-10-14(20)8-9-17(15)24-2/h4-10H,3,11-12H2,1-2H3,(H,21,22). The molecule has 0 aliphatic carbocycles. The summed E-state index contributed by atoms with van der Waals surface area (Å²) in [5, 5.41) is 3.03. The number of hydrogen-bond donors (Lipinski definition) is 1.